The van der Waals surface area contributed by atoms with Gasteiger partial charge in [0.15, 0.2) is 0 Å². The summed E-state index contributed by atoms with van der Waals surface area (Å²) >= 11 is 0. The summed E-state index contributed by atoms with van der Waals surface area (Å²) in [6, 6.07) is 16.2. The second-order valence-corrected chi connectivity index (χ2v) is 6.59. The second-order valence-electron chi connectivity index (χ2n) is 6.59. The molecule has 0 bridgehead atoms. The van der Waals surface area contributed by atoms with Crippen LogP contribution in [0.3, 0.4) is 0 Å². The Balaban J connectivity index is 1.96. The summed E-state index contributed by atoms with van der Waals surface area (Å²) < 4.78 is 12.4. The van der Waals surface area contributed by atoms with Gasteiger partial charge in [-0.25, -0.2) is 0 Å². The molecule has 0 saturated heterocycles. The average molecular weight is 366 g/mol. The smallest absolute Gasteiger partial charge is 0.221 e. The third-order valence-electron chi connectivity index (χ3n) is 4.84. The van der Waals surface area contributed by atoms with Gasteiger partial charge in [-0.2, -0.15) is 0 Å². The van der Waals surface area contributed by atoms with Crippen molar-refractivity contribution >= 4 is 16.8 Å². The largest absolute Gasteiger partial charge is 0.497 e. The Morgan fingerprint density at radius 1 is 1.11 bits per heavy atom. The van der Waals surface area contributed by atoms with Crippen molar-refractivity contribution in [3.05, 3.63) is 65.9 Å². The number of carbonyl (C=O) groups excluding carboxylic acids is 1. The summed E-state index contributed by atoms with van der Waals surface area (Å²) in [6.07, 6.45) is 2.51. The highest BCUT2D eigenvalue weighted by Gasteiger charge is 2.22. The zero-order chi connectivity index (χ0) is 19.2. The number of rotatable bonds is 8. The van der Waals surface area contributed by atoms with Crippen LogP contribution in [0.4, 0.5) is 0 Å². The van der Waals surface area contributed by atoms with Gasteiger partial charge in [-0.05, 0) is 29.3 Å². The van der Waals surface area contributed by atoms with Crippen LogP contribution in [0.1, 0.15) is 23.5 Å². The molecule has 3 aromatic rings. The van der Waals surface area contributed by atoms with Crippen molar-refractivity contribution in [2.24, 2.45) is 7.05 Å². The summed E-state index contributed by atoms with van der Waals surface area (Å²) in [5, 5.41) is 4.11. The second kappa shape index (κ2) is 8.73. The Morgan fingerprint density at radius 2 is 1.85 bits per heavy atom. The van der Waals surface area contributed by atoms with Crippen molar-refractivity contribution in [3.8, 4) is 5.75 Å². The molecule has 1 atom stereocenters. The molecule has 1 N–H and O–H groups in total. The van der Waals surface area contributed by atoms with Gasteiger partial charge in [-0.15, -0.1) is 0 Å². The van der Waals surface area contributed by atoms with E-state index in [-0.39, 0.29) is 11.8 Å². The molecule has 0 saturated carbocycles. The lowest BCUT2D eigenvalue weighted by Crippen LogP contribution is -2.28. The van der Waals surface area contributed by atoms with Crippen molar-refractivity contribution in [2.45, 2.75) is 12.3 Å². The predicted molar refractivity (Wildman–Crippen MR) is 107 cm³/mol. The van der Waals surface area contributed by atoms with Gasteiger partial charge in [0.05, 0.1) is 13.7 Å². The molecule has 0 radical (unpaired) electrons. The number of nitrogens with one attached hydrogen (secondary N) is 1. The average Bonchev–Trinajstić information content (AvgIpc) is 3.03. The van der Waals surface area contributed by atoms with Gasteiger partial charge in [-0.3, -0.25) is 4.79 Å². The molecular formula is C22H26N2O3. The number of aryl methyl sites for hydroxylation is 1. The topological polar surface area (TPSA) is 52.5 Å². The summed E-state index contributed by atoms with van der Waals surface area (Å²) in [4.78, 5) is 12.5. The maximum atomic E-state index is 12.5. The molecule has 142 valence electrons. The lowest BCUT2D eigenvalue weighted by molar-refractivity contribution is -0.121. The fourth-order valence-corrected chi connectivity index (χ4v) is 3.44. The number of methoxy groups -OCH3 is 2. The molecule has 2 aromatic carbocycles. The van der Waals surface area contributed by atoms with Crippen molar-refractivity contribution in [2.75, 3.05) is 27.4 Å². The number of amides is 1. The molecule has 0 aliphatic carbocycles. The quantitative estimate of drug-likeness (QED) is 0.621. The van der Waals surface area contributed by atoms with E-state index in [4.69, 9.17) is 9.47 Å². The van der Waals surface area contributed by atoms with Crippen molar-refractivity contribution in [1.82, 2.24) is 9.88 Å². The van der Waals surface area contributed by atoms with E-state index in [1.807, 2.05) is 43.4 Å². The van der Waals surface area contributed by atoms with Gasteiger partial charge in [0.25, 0.3) is 0 Å². The fraction of sp³-hybridized carbons (Fsp3) is 0.318. The monoisotopic (exact) mass is 366 g/mol. The minimum Gasteiger partial charge on any atom is -0.497 e. The van der Waals surface area contributed by atoms with Gasteiger partial charge >= 0.3 is 0 Å². The van der Waals surface area contributed by atoms with Crippen LogP contribution >= 0.6 is 0 Å². The number of carbonyl (C=O) groups is 1. The third-order valence-corrected chi connectivity index (χ3v) is 4.84. The van der Waals surface area contributed by atoms with Gasteiger partial charge in [-0.1, -0.05) is 30.3 Å². The molecule has 1 heterocycles. The molecular weight excluding hydrogens is 340 g/mol. The van der Waals surface area contributed by atoms with Crippen LogP contribution in [0.15, 0.2) is 54.7 Å². The highest BCUT2D eigenvalue weighted by molar-refractivity contribution is 5.86. The summed E-state index contributed by atoms with van der Waals surface area (Å²) in [7, 11) is 5.32. The third kappa shape index (κ3) is 4.31. The first-order valence-corrected chi connectivity index (χ1v) is 9.07. The van der Waals surface area contributed by atoms with E-state index in [0.717, 1.165) is 22.4 Å². The molecule has 0 aliphatic rings. The molecule has 5 heteroatoms. The number of ether oxygens (including phenoxy) is 2. The van der Waals surface area contributed by atoms with Crippen LogP contribution in [-0.2, 0) is 16.6 Å². The number of hydrogen-bond donors (Lipinski definition) is 1. The Morgan fingerprint density at radius 3 is 2.56 bits per heavy atom. The van der Waals surface area contributed by atoms with Crippen LogP contribution in [0.5, 0.6) is 5.75 Å². The number of hydrogen-bond acceptors (Lipinski definition) is 3. The van der Waals surface area contributed by atoms with E-state index in [2.05, 4.69) is 28.2 Å². The zero-order valence-electron chi connectivity index (χ0n) is 16.1. The highest BCUT2D eigenvalue weighted by Crippen LogP contribution is 2.35. The summed E-state index contributed by atoms with van der Waals surface area (Å²) in [5.74, 6) is 0.783. The molecule has 3 rings (SSSR count). The molecule has 1 unspecified atom stereocenters. The normalized spacial score (nSPS) is 12.1. The van der Waals surface area contributed by atoms with Gasteiger partial charge in [0.1, 0.15) is 5.75 Å². The number of aromatic nitrogens is 1. The highest BCUT2D eigenvalue weighted by atomic mass is 16.5. The van der Waals surface area contributed by atoms with Gasteiger partial charge < -0.3 is 19.4 Å². The summed E-state index contributed by atoms with van der Waals surface area (Å²) in [6.45, 7) is 1.02. The molecule has 1 aromatic heterocycles. The Kier molecular flexibility index (Phi) is 6.14. The molecule has 1 amide bonds. The molecule has 0 aliphatic heterocycles. The summed E-state index contributed by atoms with van der Waals surface area (Å²) in [5.41, 5.74) is 3.40. The van der Waals surface area contributed by atoms with Crippen LogP contribution in [0.25, 0.3) is 10.9 Å². The first-order chi connectivity index (χ1) is 13.1. The first kappa shape index (κ1) is 19.0. The van der Waals surface area contributed by atoms with Crippen LogP contribution in [-0.4, -0.2) is 37.8 Å². The molecule has 27 heavy (non-hydrogen) atoms. The first-order valence-electron chi connectivity index (χ1n) is 9.07. The van der Waals surface area contributed by atoms with E-state index in [1.54, 1.807) is 14.2 Å². The lowest BCUT2D eigenvalue weighted by Gasteiger charge is -2.18. The SMILES string of the molecule is COCCNC(=O)CC(c1ccc(OC)cc1)c1cn(C)c2ccccc12. The zero-order valence-corrected chi connectivity index (χ0v) is 16.1. The number of fused-ring (bicyclic) bond motifs is 1. The van der Waals surface area contributed by atoms with E-state index in [0.29, 0.717) is 19.6 Å². The lowest BCUT2D eigenvalue weighted by atomic mass is 9.88. The fourth-order valence-electron chi connectivity index (χ4n) is 3.44. The van der Waals surface area contributed by atoms with Crippen LogP contribution in [0.2, 0.25) is 0 Å². The standard InChI is InChI=1S/C22H26N2O3/c1-24-15-20(18-6-4-5-7-21(18)24)19(14-22(25)23-12-13-26-2)16-8-10-17(27-3)11-9-16/h4-11,15,19H,12-14H2,1-3H3,(H,23,25). The van der Waals surface area contributed by atoms with Crippen molar-refractivity contribution in [3.63, 3.8) is 0 Å². The van der Waals surface area contributed by atoms with Gasteiger partial charge in [0, 0.05) is 50.1 Å². The van der Waals surface area contributed by atoms with Gasteiger partial charge in [0.2, 0.25) is 5.91 Å². The molecule has 0 fully saturated rings. The minimum atomic E-state index is -0.0375. The van der Waals surface area contributed by atoms with Crippen LogP contribution < -0.4 is 10.1 Å². The van der Waals surface area contributed by atoms with E-state index >= 15 is 0 Å². The number of benzene rings is 2. The Labute approximate surface area is 159 Å². The predicted octanol–water partition coefficient (Wildman–Crippen LogP) is 3.47. The van der Waals surface area contributed by atoms with Crippen molar-refractivity contribution in [1.29, 1.82) is 0 Å². The Bertz CT molecular complexity index is 900. The van der Waals surface area contributed by atoms with Crippen molar-refractivity contribution < 1.29 is 14.3 Å². The molecule has 0 spiro atoms. The van der Waals surface area contributed by atoms with E-state index in [1.165, 1.54) is 5.39 Å². The Hall–Kier alpha value is -2.79. The number of para-hydroxylation sites is 1. The maximum absolute atomic E-state index is 12.5. The van der Waals surface area contributed by atoms with E-state index in [9.17, 15) is 4.79 Å². The number of nitrogens with zero attached hydrogens (tertiary/aromatic N) is 1. The maximum Gasteiger partial charge on any atom is 0.221 e. The van der Waals surface area contributed by atoms with E-state index < -0.39 is 0 Å². The van der Waals surface area contributed by atoms with Crippen LogP contribution in [0, 0.1) is 0 Å². The minimum absolute atomic E-state index is 0.0146. The molecule has 5 nitrogen and oxygen atoms in total.